The number of para-hydroxylation sites is 1. The average molecular weight is 472 g/mol. The van der Waals surface area contributed by atoms with Crippen LogP contribution in [-0.4, -0.2) is 17.9 Å². The molecule has 0 bridgehead atoms. The minimum absolute atomic E-state index is 0.303. The monoisotopic (exact) mass is 471 g/mol. The van der Waals surface area contributed by atoms with Crippen LogP contribution < -0.4 is 14.3 Å². The number of aryl methyl sites for hydroxylation is 1. The zero-order valence-corrected chi connectivity index (χ0v) is 19.2. The molecule has 0 saturated heterocycles. The summed E-state index contributed by atoms with van der Waals surface area (Å²) >= 11 is 13.8. The lowest BCUT2D eigenvalue weighted by atomic mass is 10.2. The van der Waals surface area contributed by atoms with E-state index >= 15 is 0 Å². The Labute approximate surface area is 193 Å². The van der Waals surface area contributed by atoms with Crippen molar-refractivity contribution in [2.75, 3.05) is 7.11 Å². The van der Waals surface area contributed by atoms with E-state index in [1.807, 2.05) is 48.0 Å². The maximum absolute atomic E-state index is 6.21. The molecule has 4 aromatic rings. The average Bonchev–Trinajstić information content (AvgIpc) is 3.09. The van der Waals surface area contributed by atoms with Crippen molar-refractivity contribution in [3.8, 4) is 11.5 Å². The number of ether oxygens (including phenoxy) is 2. The van der Waals surface area contributed by atoms with Gasteiger partial charge in [-0.15, -0.1) is 5.10 Å². The van der Waals surface area contributed by atoms with Crippen molar-refractivity contribution in [3.63, 3.8) is 0 Å². The Bertz CT molecular complexity index is 1330. The number of halogens is 2. The van der Waals surface area contributed by atoms with Crippen LogP contribution in [0.4, 0.5) is 0 Å². The van der Waals surface area contributed by atoms with Crippen molar-refractivity contribution in [1.82, 2.24) is 4.57 Å². The third-order valence-electron chi connectivity index (χ3n) is 4.65. The van der Waals surface area contributed by atoms with Crippen molar-refractivity contribution in [3.05, 3.63) is 86.6 Å². The molecule has 0 aliphatic heterocycles. The van der Waals surface area contributed by atoms with Gasteiger partial charge < -0.3 is 14.0 Å². The van der Waals surface area contributed by atoms with Crippen LogP contribution in [-0.2, 0) is 13.7 Å². The summed E-state index contributed by atoms with van der Waals surface area (Å²) in [5.41, 5.74) is 2.82. The molecule has 0 atom stereocenters. The predicted molar refractivity (Wildman–Crippen MR) is 128 cm³/mol. The summed E-state index contributed by atoms with van der Waals surface area (Å²) in [6.07, 6.45) is 1.69. The molecule has 1 heterocycles. The molecule has 8 heteroatoms. The van der Waals surface area contributed by atoms with E-state index in [0.717, 1.165) is 21.4 Å². The molecule has 0 unspecified atom stereocenters. The Balaban J connectivity index is 1.51. The number of hydrogen-bond acceptors (Lipinski definition) is 5. The smallest absolute Gasteiger partial charge is 0.211 e. The highest BCUT2D eigenvalue weighted by atomic mass is 35.5. The fourth-order valence-corrected chi connectivity index (χ4v) is 4.44. The summed E-state index contributed by atoms with van der Waals surface area (Å²) < 4.78 is 14.6. The Hall–Kier alpha value is -2.80. The van der Waals surface area contributed by atoms with E-state index in [9.17, 15) is 0 Å². The van der Waals surface area contributed by atoms with E-state index in [2.05, 4.69) is 22.3 Å². The van der Waals surface area contributed by atoms with Crippen LogP contribution >= 0.6 is 34.5 Å². The summed E-state index contributed by atoms with van der Waals surface area (Å²) in [5.74, 6) is 1.21. The first-order valence-electron chi connectivity index (χ1n) is 9.41. The number of rotatable bonds is 6. The van der Waals surface area contributed by atoms with Gasteiger partial charge in [-0.05, 0) is 48.0 Å². The van der Waals surface area contributed by atoms with Gasteiger partial charge >= 0.3 is 0 Å². The van der Waals surface area contributed by atoms with Gasteiger partial charge in [-0.25, -0.2) is 0 Å². The molecule has 3 aromatic carbocycles. The molecule has 158 valence electrons. The number of aromatic nitrogens is 1. The lowest BCUT2D eigenvalue weighted by molar-refractivity contribution is 0.284. The highest BCUT2D eigenvalue weighted by molar-refractivity contribution is 7.16. The molecule has 0 aliphatic carbocycles. The van der Waals surface area contributed by atoms with E-state index in [0.29, 0.717) is 28.2 Å². The van der Waals surface area contributed by atoms with Crippen LogP contribution in [0.1, 0.15) is 11.1 Å². The number of nitrogens with zero attached hydrogens (tertiary/aromatic N) is 3. The maximum atomic E-state index is 6.21. The van der Waals surface area contributed by atoms with Crippen LogP contribution in [0.15, 0.2) is 70.9 Å². The van der Waals surface area contributed by atoms with Crippen molar-refractivity contribution >= 4 is 51.0 Å². The Morgan fingerprint density at radius 1 is 1.03 bits per heavy atom. The molecule has 4 rings (SSSR count). The van der Waals surface area contributed by atoms with Crippen molar-refractivity contribution in [2.45, 2.75) is 6.61 Å². The number of fused-ring (bicyclic) bond motifs is 1. The largest absolute Gasteiger partial charge is 0.493 e. The van der Waals surface area contributed by atoms with E-state index < -0.39 is 0 Å². The summed E-state index contributed by atoms with van der Waals surface area (Å²) in [6.45, 7) is 0.303. The van der Waals surface area contributed by atoms with Crippen LogP contribution in [0.2, 0.25) is 10.0 Å². The summed E-state index contributed by atoms with van der Waals surface area (Å²) in [4.78, 5) is 0.823. The third kappa shape index (κ3) is 4.93. The highest BCUT2D eigenvalue weighted by Crippen LogP contribution is 2.30. The zero-order valence-electron chi connectivity index (χ0n) is 16.9. The Kier molecular flexibility index (Phi) is 6.61. The van der Waals surface area contributed by atoms with Gasteiger partial charge in [-0.1, -0.05) is 52.7 Å². The lowest BCUT2D eigenvalue weighted by Crippen LogP contribution is -2.08. The first-order valence-corrected chi connectivity index (χ1v) is 11.0. The van der Waals surface area contributed by atoms with Gasteiger partial charge in [0.2, 0.25) is 4.80 Å². The second-order valence-electron chi connectivity index (χ2n) is 6.69. The van der Waals surface area contributed by atoms with Crippen molar-refractivity contribution in [1.29, 1.82) is 0 Å². The molecular weight excluding hydrogens is 453 g/mol. The van der Waals surface area contributed by atoms with Crippen molar-refractivity contribution < 1.29 is 9.47 Å². The molecule has 0 radical (unpaired) electrons. The van der Waals surface area contributed by atoms with E-state index in [4.69, 9.17) is 32.7 Å². The molecule has 31 heavy (non-hydrogen) atoms. The van der Waals surface area contributed by atoms with Gasteiger partial charge in [-0.2, -0.15) is 5.10 Å². The van der Waals surface area contributed by atoms with Crippen LogP contribution in [0, 0.1) is 0 Å². The molecule has 0 spiro atoms. The normalized spacial score (nSPS) is 12.1. The van der Waals surface area contributed by atoms with E-state index in [1.165, 1.54) is 4.70 Å². The van der Waals surface area contributed by atoms with Gasteiger partial charge in [0, 0.05) is 22.7 Å². The number of thiazole rings is 1. The van der Waals surface area contributed by atoms with Gasteiger partial charge in [0.25, 0.3) is 0 Å². The molecule has 0 amide bonds. The van der Waals surface area contributed by atoms with Gasteiger partial charge in [0.1, 0.15) is 6.61 Å². The Morgan fingerprint density at radius 3 is 2.65 bits per heavy atom. The standard InChI is InChI=1S/C23H19Cl2N3O2S/c1-28-19-5-3-4-6-22(19)31-23(28)27-26-13-15-7-10-20(21(11-15)29-2)30-14-16-8-9-17(24)12-18(16)25/h3-13H,14H2,1-2H3/b26-13+,27-23+. The molecule has 1 aromatic heterocycles. The minimum atomic E-state index is 0.303. The first-order chi connectivity index (χ1) is 15.0. The van der Waals surface area contributed by atoms with E-state index in [1.54, 1.807) is 36.8 Å². The lowest BCUT2D eigenvalue weighted by Gasteiger charge is -2.12. The SMILES string of the molecule is COc1cc(/C=N/N=c2/sc3ccccc3n2C)ccc1OCc1ccc(Cl)cc1Cl. The third-order valence-corrected chi connectivity index (χ3v) is 6.34. The summed E-state index contributed by atoms with van der Waals surface area (Å²) in [6, 6.07) is 19.1. The number of benzene rings is 3. The van der Waals surface area contributed by atoms with Crippen molar-refractivity contribution in [2.24, 2.45) is 17.3 Å². The summed E-state index contributed by atoms with van der Waals surface area (Å²) in [5, 5.41) is 9.76. The van der Waals surface area contributed by atoms with Gasteiger partial charge in [0.05, 0.1) is 23.5 Å². The first kappa shape index (κ1) is 21.4. The van der Waals surface area contributed by atoms with Gasteiger partial charge in [-0.3, -0.25) is 0 Å². The molecule has 0 saturated carbocycles. The molecule has 5 nitrogen and oxygen atoms in total. The van der Waals surface area contributed by atoms with Crippen LogP contribution in [0.3, 0.4) is 0 Å². The number of methoxy groups -OCH3 is 1. The second-order valence-corrected chi connectivity index (χ2v) is 8.54. The molecular formula is C23H19Cl2N3O2S. The fraction of sp³-hybridized carbons (Fsp3) is 0.130. The molecule has 0 aliphatic rings. The van der Waals surface area contributed by atoms with Crippen LogP contribution in [0.25, 0.3) is 10.2 Å². The highest BCUT2D eigenvalue weighted by Gasteiger charge is 2.08. The Morgan fingerprint density at radius 2 is 1.87 bits per heavy atom. The maximum Gasteiger partial charge on any atom is 0.211 e. The minimum Gasteiger partial charge on any atom is -0.493 e. The quantitative estimate of drug-likeness (QED) is 0.253. The second kappa shape index (κ2) is 9.56. The molecule has 0 fully saturated rings. The van der Waals surface area contributed by atoms with Crippen LogP contribution in [0.5, 0.6) is 11.5 Å². The summed E-state index contributed by atoms with van der Waals surface area (Å²) in [7, 11) is 3.58. The molecule has 0 N–H and O–H groups in total. The van der Waals surface area contributed by atoms with Gasteiger partial charge in [0.15, 0.2) is 11.5 Å². The fourth-order valence-electron chi connectivity index (χ4n) is 3.00. The zero-order chi connectivity index (χ0) is 21.8. The topological polar surface area (TPSA) is 48.1 Å². The van der Waals surface area contributed by atoms with E-state index in [-0.39, 0.29) is 0 Å². The predicted octanol–water partition coefficient (Wildman–Crippen LogP) is 6.07. The number of hydrogen-bond donors (Lipinski definition) is 0.